The van der Waals surface area contributed by atoms with E-state index in [2.05, 4.69) is 5.32 Å². The summed E-state index contributed by atoms with van der Waals surface area (Å²) in [6.45, 7) is 0. The number of hydrogen-bond donors (Lipinski definition) is 2. The first-order chi connectivity index (χ1) is 7.54. The predicted molar refractivity (Wildman–Crippen MR) is 67.8 cm³/mol. The van der Waals surface area contributed by atoms with Crippen molar-refractivity contribution in [3.8, 4) is 0 Å². The van der Waals surface area contributed by atoms with Crippen LogP contribution in [0.15, 0.2) is 24.3 Å². The number of anilines is 1. The van der Waals surface area contributed by atoms with Gasteiger partial charge in [0.15, 0.2) is 5.11 Å². The lowest BCUT2D eigenvalue weighted by molar-refractivity contribution is -0.136. The second-order valence-corrected chi connectivity index (χ2v) is 3.74. The lowest BCUT2D eigenvalue weighted by Crippen LogP contribution is -2.34. The Kier molecular flexibility index (Phi) is 4.25. The number of carbonyl (C=O) groups is 1. The molecule has 1 rings (SSSR count). The molecule has 0 aliphatic heterocycles. The number of aliphatic carboxylic acids is 1. The normalized spacial score (nSPS) is 9.62. The lowest BCUT2D eigenvalue weighted by Gasteiger charge is -2.20. The molecule has 0 fully saturated rings. The van der Waals surface area contributed by atoms with Crippen LogP contribution >= 0.6 is 12.2 Å². The van der Waals surface area contributed by atoms with Crippen LogP contribution in [-0.2, 0) is 11.2 Å². The number of rotatable bonds is 3. The van der Waals surface area contributed by atoms with Gasteiger partial charge in [0.2, 0.25) is 0 Å². The summed E-state index contributed by atoms with van der Waals surface area (Å²) in [7, 11) is 3.58. The van der Waals surface area contributed by atoms with Crippen molar-refractivity contribution < 1.29 is 9.90 Å². The molecule has 0 radical (unpaired) electrons. The summed E-state index contributed by atoms with van der Waals surface area (Å²) >= 11 is 5.09. The number of nitrogens with one attached hydrogen (secondary N) is 1. The van der Waals surface area contributed by atoms with Crippen LogP contribution in [0.4, 0.5) is 5.69 Å². The quantitative estimate of drug-likeness (QED) is 0.776. The molecule has 86 valence electrons. The van der Waals surface area contributed by atoms with Crippen LogP contribution < -0.4 is 10.2 Å². The Morgan fingerprint density at radius 3 is 2.81 bits per heavy atom. The summed E-state index contributed by atoms with van der Waals surface area (Å²) in [5.74, 6) is -0.837. The van der Waals surface area contributed by atoms with Crippen molar-refractivity contribution in [2.75, 3.05) is 19.0 Å². The molecule has 0 saturated heterocycles. The Hall–Kier alpha value is -1.62. The van der Waals surface area contributed by atoms with E-state index in [9.17, 15) is 4.79 Å². The predicted octanol–water partition coefficient (Wildman–Crippen LogP) is 1.25. The number of benzene rings is 1. The maximum Gasteiger partial charge on any atom is 0.307 e. The molecule has 2 N–H and O–H groups in total. The van der Waals surface area contributed by atoms with Gasteiger partial charge in [-0.1, -0.05) is 12.1 Å². The maximum atomic E-state index is 10.6. The van der Waals surface area contributed by atoms with Gasteiger partial charge in [-0.15, -0.1) is 0 Å². The number of thiocarbonyl (C=S) groups is 1. The first-order valence-corrected chi connectivity index (χ1v) is 5.21. The van der Waals surface area contributed by atoms with Crippen LogP contribution in [0.1, 0.15) is 5.56 Å². The summed E-state index contributed by atoms with van der Waals surface area (Å²) in [5, 5.41) is 12.2. The van der Waals surface area contributed by atoms with Crippen molar-refractivity contribution in [3.05, 3.63) is 29.8 Å². The van der Waals surface area contributed by atoms with Gasteiger partial charge in [-0.25, -0.2) is 0 Å². The molecule has 5 heteroatoms. The zero-order chi connectivity index (χ0) is 12.1. The Labute approximate surface area is 99.9 Å². The van der Waals surface area contributed by atoms with Gasteiger partial charge in [0.05, 0.1) is 6.42 Å². The second-order valence-electron chi connectivity index (χ2n) is 3.35. The Balaban J connectivity index is 2.89. The second kappa shape index (κ2) is 5.46. The van der Waals surface area contributed by atoms with Gasteiger partial charge in [-0.05, 0) is 29.9 Å². The highest BCUT2D eigenvalue weighted by molar-refractivity contribution is 7.80. The van der Waals surface area contributed by atoms with Gasteiger partial charge in [0.25, 0.3) is 0 Å². The molecule has 4 nitrogen and oxygen atoms in total. The van der Waals surface area contributed by atoms with Gasteiger partial charge in [-0.2, -0.15) is 0 Å². The third-order valence-electron chi connectivity index (χ3n) is 2.17. The Bertz CT molecular complexity index is 407. The van der Waals surface area contributed by atoms with Gasteiger partial charge < -0.3 is 15.3 Å². The highest BCUT2D eigenvalue weighted by Gasteiger charge is 2.07. The molecule has 0 aromatic heterocycles. The van der Waals surface area contributed by atoms with E-state index in [-0.39, 0.29) is 6.42 Å². The lowest BCUT2D eigenvalue weighted by atomic mass is 10.1. The summed E-state index contributed by atoms with van der Waals surface area (Å²) in [6, 6.07) is 7.31. The minimum atomic E-state index is -0.837. The smallest absolute Gasteiger partial charge is 0.307 e. The zero-order valence-corrected chi connectivity index (χ0v) is 10.0. The molecule has 0 spiro atoms. The van der Waals surface area contributed by atoms with E-state index >= 15 is 0 Å². The van der Waals surface area contributed by atoms with E-state index < -0.39 is 5.97 Å². The third kappa shape index (κ3) is 3.20. The maximum absolute atomic E-state index is 10.6. The van der Waals surface area contributed by atoms with Crippen LogP contribution in [0.3, 0.4) is 0 Å². The number of nitrogens with zero attached hydrogens (tertiary/aromatic N) is 1. The minimum absolute atomic E-state index is 0.0218. The molecule has 0 aliphatic rings. The molecule has 0 heterocycles. The van der Waals surface area contributed by atoms with E-state index in [1.54, 1.807) is 18.0 Å². The topological polar surface area (TPSA) is 52.6 Å². The molecule has 0 bridgehead atoms. The first-order valence-electron chi connectivity index (χ1n) is 4.80. The molecule has 16 heavy (non-hydrogen) atoms. The van der Waals surface area contributed by atoms with Gasteiger partial charge in [0, 0.05) is 19.8 Å². The van der Waals surface area contributed by atoms with E-state index in [1.807, 2.05) is 25.2 Å². The number of carboxylic acid groups (broad SMARTS) is 1. The van der Waals surface area contributed by atoms with E-state index in [0.29, 0.717) is 5.11 Å². The molecule has 1 aromatic carbocycles. The van der Waals surface area contributed by atoms with Gasteiger partial charge in [0.1, 0.15) is 0 Å². The highest BCUT2D eigenvalue weighted by Crippen LogP contribution is 2.15. The van der Waals surface area contributed by atoms with Crippen LogP contribution in [0.5, 0.6) is 0 Å². The van der Waals surface area contributed by atoms with Crippen molar-refractivity contribution in [3.63, 3.8) is 0 Å². The number of hydrogen-bond acceptors (Lipinski definition) is 2. The van der Waals surface area contributed by atoms with Crippen molar-refractivity contribution >= 4 is 29.0 Å². The molecule has 0 saturated carbocycles. The molecule has 0 amide bonds. The fraction of sp³-hybridized carbons (Fsp3) is 0.273. The minimum Gasteiger partial charge on any atom is -0.481 e. The summed E-state index contributed by atoms with van der Waals surface area (Å²) in [5.41, 5.74) is 1.63. The first kappa shape index (κ1) is 12.4. The van der Waals surface area contributed by atoms with Gasteiger partial charge in [-0.3, -0.25) is 4.79 Å². The standard InChI is InChI=1S/C11H14N2O2S/c1-12-11(16)13(2)9-5-3-4-8(6-9)7-10(14)15/h3-6H,7H2,1-2H3,(H,12,16)(H,14,15). The molecular formula is C11H14N2O2S. The van der Waals surface area contributed by atoms with Crippen molar-refractivity contribution in [2.45, 2.75) is 6.42 Å². The molecule has 0 atom stereocenters. The summed E-state index contributed by atoms with van der Waals surface area (Å²) < 4.78 is 0. The SMILES string of the molecule is CNC(=S)N(C)c1cccc(CC(=O)O)c1. The van der Waals surface area contributed by atoms with E-state index in [0.717, 1.165) is 11.3 Å². The van der Waals surface area contributed by atoms with E-state index in [1.165, 1.54) is 0 Å². The van der Waals surface area contributed by atoms with Crippen molar-refractivity contribution in [2.24, 2.45) is 0 Å². The number of carboxylic acids is 1. The molecular weight excluding hydrogens is 224 g/mol. The van der Waals surface area contributed by atoms with Crippen LogP contribution in [-0.4, -0.2) is 30.3 Å². The summed E-state index contributed by atoms with van der Waals surface area (Å²) in [6.07, 6.45) is 0.0218. The van der Waals surface area contributed by atoms with E-state index in [4.69, 9.17) is 17.3 Å². The van der Waals surface area contributed by atoms with Crippen LogP contribution in [0, 0.1) is 0 Å². The Morgan fingerprint density at radius 2 is 2.25 bits per heavy atom. The molecule has 0 aliphatic carbocycles. The van der Waals surface area contributed by atoms with Gasteiger partial charge >= 0.3 is 5.97 Å². The summed E-state index contributed by atoms with van der Waals surface area (Å²) in [4.78, 5) is 12.4. The molecule has 1 aromatic rings. The van der Waals surface area contributed by atoms with Crippen LogP contribution in [0.25, 0.3) is 0 Å². The van der Waals surface area contributed by atoms with Crippen molar-refractivity contribution in [1.29, 1.82) is 0 Å². The van der Waals surface area contributed by atoms with Crippen molar-refractivity contribution in [1.82, 2.24) is 5.32 Å². The Morgan fingerprint density at radius 1 is 1.56 bits per heavy atom. The largest absolute Gasteiger partial charge is 0.481 e. The third-order valence-corrected chi connectivity index (χ3v) is 2.65. The highest BCUT2D eigenvalue weighted by atomic mass is 32.1. The fourth-order valence-corrected chi connectivity index (χ4v) is 1.44. The average Bonchev–Trinajstić information content (AvgIpc) is 2.26. The monoisotopic (exact) mass is 238 g/mol. The molecule has 0 unspecified atom stereocenters. The zero-order valence-electron chi connectivity index (χ0n) is 9.23. The fourth-order valence-electron chi connectivity index (χ4n) is 1.33. The average molecular weight is 238 g/mol. The van der Waals surface area contributed by atoms with Crippen LogP contribution in [0.2, 0.25) is 0 Å².